The molecular weight excluding hydrogens is 471 g/mol. The molecule has 5 heteroatoms. The topological polar surface area (TPSA) is 80.3 Å². The molecule has 0 aromatic carbocycles. The number of carbonyl (C=O) groups is 2. The minimum absolute atomic E-state index is 0. The average Bonchev–Trinajstić information content (AvgIpc) is 2.65. The normalized spacial score (nSPS) is 10.0. The maximum atomic E-state index is 10.1. The van der Waals surface area contributed by atoms with Gasteiger partial charge in [-0.1, -0.05) is 117 Å². The Kier molecular flexibility index (Phi) is 34.5. The van der Waals surface area contributed by atoms with Gasteiger partial charge in [0.25, 0.3) is 0 Å². The standard InChI is InChI=1S/2C12H24O2.Sn/c2*1-2-3-4-5-6-7-8-9-10-11-12(13)14;/h2*2-11H2,1H3,(H,13,14);/q;;+4/p-2. The first-order chi connectivity index (χ1) is 13.5. The Balaban J connectivity index is -0.000000451. The molecule has 4 nitrogen and oxygen atoms in total. The van der Waals surface area contributed by atoms with Gasteiger partial charge in [0, 0.05) is 11.9 Å². The van der Waals surface area contributed by atoms with Gasteiger partial charge in [-0.05, 0) is 25.7 Å². The van der Waals surface area contributed by atoms with Crippen molar-refractivity contribution < 1.29 is 19.8 Å². The molecule has 0 bridgehead atoms. The number of carboxylic acids is 2. The van der Waals surface area contributed by atoms with E-state index in [0.29, 0.717) is 0 Å². The Labute approximate surface area is 197 Å². The van der Waals surface area contributed by atoms with E-state index < -0.39 is 11.9 Å². The smallest absolute Gasteiger partial charge is 0.550 e. The Morgan fingerprint density at radius 2 is 0.655 bits per heavy atom. The van der Waals surface area contributed by atoms with Crippen LogP contribution in [0.3, 0.4) is 0 Å². The molecule has 0 radical (unpaired) electrons. The van der Waals surface area contributed by atoms with Crippen molar-refractivity contribution in [3.8, 4) is 0 Å². The molecule has 0 atom stereocenters. The molecule has 29 heavy (non-hydrogen) atoms. The van der Waals surface area contributed by atoms with Gasteiger partial charge in [0.1, 0.15) is 0 Å². The molecule has 0 aromatic rings. The maximum absolute atomic E-state index is 10.1. The van der Waals surface area contributed by atoms with Crippen molar-refractivity contribution in [2.75, 3.05) is 0 Å². The summed E-state index contributed by atoms with van der Waals surface area (Å²) < 4.78 is 0. The molecular formula is C24H46O4Sn+2. The van der Waals surface area contributed by atoms with Crippen LogP contribution in [-0.2, 0) is 9.59 Å². The predicted molar refractivity (Wildman–Crippen MR) is 119 cm³/mol. The van der Waals surface area contributed by atoms with Gasteiger partial charge in [0.15, 0.2) is 0 Å². The number of rotatable bonds is 20. The Hall–Kier alpha value is -0.261. The molecule has 0 spiro atoms. The zero-order chi connectivity index (χ0) is 21.3. The van der Waals surface area contributed by atoms with Crippen molar-refractivity contribution in [2.45, 2.75) is 142 Å². The summed E-state index contributed by atoms with van der Waals surface area (Å²) in [4.78, 5) is 20.2. The molecule has 0 saturated heterocycles. The predicted octanol–water partition coefficient (Wildman–Crippen LogP) is 4.93. The molecule has 0 aliphatic carbocycles. The van der Waals surface area contributed by atoms with Gasteiger partial charge in [-0.3, -0.25) is 0 Å². The van der Waals surface area contributed by atoms with Crippen molar-refractivity contribution >= 4 is 35.8 Å². The number of hydrogen-bond donors (Lipinski definition) is 0. The molecule has 0 N–H and O–H groups in total. The summed E-state index contributed by atoms with van der Waals surface area (Å²) in [5, 5.41) is 20.2. The van der Waals surface area contributed by atoms with Crippen LogP contribution in [0.2, 0.25) is 0 Å². The van der Waals surface area contributed by atoms with Gasteiger partial charge in [0.05, 0.1) is 0 Å². The maximum Gasteiger partial charge on any atom is 4.00 e. The van der Waals surface area contributed by atoms with Crippen LogP contribution >= 0.6 is 0 Å². The summed E-state index contributed by atoms with van der Waals surface area (Å²) >= 11 is 0. The number of carboxylic acid groups (broad SMARTS) is 2. The first-order valence-corrected chi connectivity index (χ1v) is 11.9. The fourth-order valence-corrected chi connectivity index (χ4v) is 3.16. The van der Waals surface area contributed by atoms with E-state index in [-0.39, 0.29) is 36.7 Å². The molecule has 0 aliphatic rings. The molecule has 0 rings (SSSR count). The summed E-state index contributed by atoms with van der Waals surface area (Å²) in [6.07, 6.45) is 22.3. The van der Waals surface area contributed by atoms with Crippen molar-refractivity contribution in [1.82, 2.24) is 0 Å². The second kappa shape index (κ2) is 29.9. The third kappa shape index (κ3) is 38.9. The Morgan fingerprint density at radius 1 is 0.448 bits per heavy atom. The van der Waals surface area contributed by atoms with Gasteiger partial charge < -0.3 is 19.8 Å². The zero-order valence-electron chi connectivity index (χ0n) is 19.3. The van der Waals surface area contributed by atoms with Crippen molar-refractivity contribution in [3.63, 3.8) is 0 Å². The Bertz CT molecular complexity index is 303. The van der Waals surface area contributed by atoms with Crippen LogP contribution in [0.1, 0.15) is 142 Å². The molecule has 0 aromatic heterocycles. The molecule has 168 valence electrons. The van der Waals surface area contributed by atoms with E-state index in [9.17, 15) is 19.8 Å². The van der Waals surface area contributed by atoms with Gasteiger partial charge in [0.2, 0.25) is 0 Å². The van der Waals surface area contributed by atoms with Crippen LogP contribution in [-0.4, -0.2) is 35.8 Å². The minimum atomic E-state index is -0.909. The second-order valence-electron chi connectivity index (χ2n) is 7.90. The number of carbonyl (C=O) groups excluding carboxylic acids is 2. The van der Waals surface area contributed by atoms with Gasteiger partial charge in [-0.25, -0.2) is 0 Å². The first-order valence-electron chi connectivity index (χ1n) is 11.9. The number of unbranched alkanes of at least 4 members (excludes halogenated alkanes) is 16. The summed E-state index contributed by atoms with van der Waals surface area (Å²) in [6.45, 7) is 4.44. The third-order valence-electron chi connectivity index (χ3n) is 4.97. The quantitative estimate of drug-likeness (QED) is 0.169. The van der Waals surface area contributed by atoms with Gasteiger partial charge in [-0.15, -0.1) is 0 Å². The summed E-state index contributed by atoms with van der Waals surface area (Å²) in [7, 11) is 0. The average molecular weight is 517 g/mol. The second-order valence-corrected chi connectivity index (χ2v) is 7.90. The van der Waals surface area contributed by atoms with E-state index in [1.54, 1.807) is 0 Å². The molecule has 0 unspecified atom stereocenters. The van der Waals surface area contributed by atoms with Crippen LogP contribution in [0.5, 0.6) is 0 Å². The van der Waals surface area contributed by atoms with Crippen molar-refractivity contribution in [1.29, 1.82) is 0 Å². The SMILES string of the molecule is CCCCCCCCCCCC(=O)[O-].CCCCCCCCCCCC(=O)[O-].[Sn+4]. The van der Waals surface area contributed by atoms with E-state index >= 15 is 0 Å². The molecule has 0 heterocycles. The fourth-order valence-electron chi connectivity index (χ4n) is 3.16. The monoisotopic (exact) mass is 518 g/mol. The van der Waals surface area contributed by atoms with Crippen LogP contribution in [0.25, 0.3) is 0 Å². The fraction of sp³-hybridized carbons (Fsp3) is 0.917. The molecule has 0 amide bonds. The van der Waals surface area contributed by atoms with E-state index in [1.807, 2.05) is 0 Å². The van der Waals surface area contributed by atoms with E-state index in [2.05, 4.69) is 13.8 Å². The third-order valence-corrected chi connectivity index (χ3v) is 4.97. The van der Waals surface area contributed by atoms with Crippen LogP contribution in [0.15, 0.2) is 0 Å². The van der Waals surface area contributed by atoms with E-state index in [0.717, 1.165) is 25.7 Å². The molecule has 0 fully saturated rings. The summed E-state index contributed by atoms with van der Waals surface area (Å²) in [6, 6.07) is 0. The number of aliphatic carboxylic acids is 2. The largest absolute Gasteiger partial charge is 4.00 e. The summed E-state index contributed by atoms with van der Waals surface area (Å²) in [5.74, 6) is -1.82. The minimum Gasteiger partial charge on any atom is -0.550 e. The Morgan fingerprint density at radius 3 is 0.862 bits per heavy atom. The van der Waals surface area contributed by atoms with Crippen LogP contribution in [0, 0.1) is 0 Å². The van der Waals surface area contributed by atoms with E-state index in [4.69, 9.17) is 0 Å². The first kappa shape index (κ1) is 33.4. The van der Waals surface area contributed by atoms with Crippen LogP contribution < -0.4 is 10.2 Å². The van der Waals surface area contributed by atoms with Crippen molar-refractivity contribution in [2.24, 2.45) is 0 Å². The molecule has 0 aliphatic heterocycles. The van der Waals surface area contributed by atoms with E-state index in [1.165, 1.54) is 89.9 Å². The van der Waals surface area contributed by atoms with Crippen LogP contribution in [0.4, 0.5) is 0 Å². The zero-order valence-corrected chi connectivity index (χ0v) is 22.1. The van der Waals surface area contributed by atoms with Crippen molar-refractivity contribution in [3.05, 3.63) is 0 Å². The van der Waals surface area contributed by atoms with Gasteiger partial charge >= 0.3 is 23.9 Å². The van der Waals surface area contributed by atoms with Gasteiger partial charge in [-0.2, -0.15) is 0 Å². The number of hydrogen-bond acceptors (Lipinski definition) is 4. The summed E-state index contributed by atoms with van der Waals surface area (Å²) in [5.41, 5.74) is 0. The molecule has 0 saturated carbocycles.